The molecule has 0 saturated heterocycles. The molecule has 0 bridgehead atoms. The molecule has 20 heavy (non-hydrogen) atoms. The summed E-state index contributed by atoms with van der Waals surface area (Å²) in [4.78, 5) is 14.6. The Balaban J connectivity index is 2.03. The summed E-state index contributed by atoms with van der Waals surface area (Å²) < 4.78 is 0. The van der Waals surface area contributed by atoms with Crippen molar-refractivity contribution in [3.05, 3.63) is 63.6 Å². The zero-order valence-electron chi connectivity index (χ0n) is 10.9. The molecular weight excluding hydrogens is 293 g/mol. The lowest BCUT2D eigenvalue weighted by molar-refractivity contribution is 0.0981. The molecule has 2 aromatic carbocycles. The molecule has 1 amide bonds. The van der Waals surface area contributed by atoms with E-state index in [0.29, 0.717) is 15.6 Å². The molecule has 0 aromatic heterocycles. The van der Waals surface area contributed by atoms with Crippen LogP contribution in [0.3, 0.4) is 0 Å². The minimum Gasteiger partial charge on any atom is -0.305 e. The molecule has 0 radical (unpaired) electrons. The summed E-state index contributed by atoms with van der Waals surface area (Å²) >= 11 is 12.0. The summed E-state index contributed by atoms with van der Waals surface area (Å²) in [6.45, 7) is 2.04. The molecule has 0 fully saturated rings. The SMILES string of the molecule is CC1Cc2ccccc2N1C(=O)c1ccc(Cl)cc1Cl. The van der Waals surface area contributed by atoms with Gasteiger partial charge in [0, 0.05) is 16.8 Å². The first-order valence-corrected chi connectivity index (χ1v) is 7.20. The molecule has 0 spiro atoms. The molecule has 102 valence electrons. The number of carbonyl (C=O) groups excluding carboxylic acids is 1. The molecule has 3 rings (SSSR count). The van der Waals surface area contributed by atoms with Crippen LogP contribution in [-0.4, -0.2) is 11.9 Å². The Morgan fingerprint density at radius 1 is 1.20 bits per heavy atom. The van der Waals surface area contributed by atoms with Gasteiger partial charge in [-0.1, -0.05) is 41.4 Å². The summed E-state index contributed by atoms with van der Waals surface area (Å²) in [5.41, 5.74) is 2.65. The first-order chi connectivity index (χ1) is 9.58. The Morgan fingerprint density at radius 3 is 2.70 bits per heavy atom. The molecule has 1 unspecified atom stereocenters. The first-order valence-electron chi connectivity index (χ1n) is 6.44. The van der Waals surface area contributed by atoms with E-state index in [2.05, 4.69) is 6.07 Å². The van der Waals surface area contributed by atoms with Gasteiger partial charge in [0.05, 0.1) is 10.6 Å². The molecule has 2 aromatic rings. The third kappa shape index (κ3) is 2.19. The van der Waals surface area contributed by atoms with E-state index < -0.39 is 0 Å². The van der Waals surface area contributed by atoms with Gasteiger partial charge in [0.25, 0.3) is 5.91 Å². The number of hydrogen-bond acceptors (Lipinski definition) is 1. The van der Waals surface area contributed by atoms with Gasteiger partial charge in [-0.2, -0.15) is 0 Å². The van der Waals surface area contributed by atoms with E-state index in [1.54, 1.807) is 18.2 Å². The number of rotatable bonds is 1. The number of anilines is 1. The lowest BCUT2D eigenvalue weighted by Gasteiger charge is -2.23. The van der Waals surface area contributed by atoms with Crippen molar-refractivity contribution in [2.75, 3.05) is 4.90 Å². The van der Waals surface area contributed by atoms with E-state index in [0.717, 1.165) is 12.1 Å². The van der Waals surface area contributed by atoms with Gasteiger partial charge in [-0.3, -0.25) is 4.79 Å². The van der Waals surface area contributed by atoms with E-state index in [4.69, 9.17) is 23.2 Å². The molecule has 4 heteroatoms. The summed E-state index contributed by atoms with van der Waals surface area (Å²) in [6.07, 6.45) is 0.868. The maximum absolute atomic E-state index is 12.8. The minimum atomic E-state index is -0.0795. The smallest absolute Gasteiger partial charge is 0.260 e. The van der Waals surface area contributed by atoms with Crippen molar-refractivity contribution in [2.24, 2.45) is 0 Å². The van der Waals surface area contributed by atoms with E-state index in [1.165, 1.54) is 5.56 Å². The van der Waals surface area contributed by atoms with Crippen molar-refractivity contribution < 1.29 is 4.79 Å². The summed E-state index contributed by atoms with van der Waals surface area (Å²) in [7, 11) is 0. The quantitative estimate of drug-likeness (QED) is 0.755. The maximum Gasteiger partial charge on any atom is 0.260 e. The summed E-state index contributed by atoms with van der Waals surface area (Å²) in [5.74, 6) is -0.0795. The van der Waals surface area contributed by atoms with Crippen molar-refractivity contribution in [1.29, 1.82) is 0 Å². The van der Waals surface area contributed by atoms with Crippen molar-refractivity contribution in [3.8, 4) is 0 Å². The van der Waals surface area contributed by atoms with Gasteiger partial charge in [0.15, 0.2) is 0 Å². The number of nitrogens with zero attached hydrogens (tertiary/aromatic N) is 1. The molecule has 0 saturated carbocycles. The van der Waals surface area contributed by atoms with Crippen LogP contribution < -0.4 is 4.90 Å². The van der Waals surface area contributed by atoms with Crippen molar-refractivity contribution in [2.45, 2.75) is 19.4 Å². The van der Waals surface area contributed by atoms with Crippen LogP contribution in [-0.2, 0) is 6.42 Å². The topological polar surface area (TPSA) is 20.3 Å². The van der Waals surface area contributed by atoms with Gasteiger partial charge in [0.1, 0.15) is 0 Å². The zero-order valence-corrected chi connectivity index (χ0v) is 12.4. The van der Waals surface area contributed by atoms with Gasteiger partial charge in [-0.15, -0.1) is 0 Å². The highest BCUT2D eigenvalue weighted by molar-refractivity contribution is 6.37. The molecule has 1 aliphatic heterocycles. The van der Waals surface area contributed by atoms with Crippen LogP contribution in [0.1, 0.15) is 22.8 Å². The highest BCUT2D eigenvalue weighted by Gasteiger charge is 2.31. The Kier molecular flexibility index (Phi) is 3.45. The Hall–Kier alpha value is -1.51. The fourth-order valence-electron chi connectivity index (χ4n) is 2.67. The van der Waals surface area contributed by atoms with Crippen LogP contribution >= 0.6 is 23.2 Å². The second kappa shape index (κ2) is 5.12. The lowest BCUT2D eigenvalue weighted by atomic mass is 10.1. The van der Waals surface area contributed by atoms with Crippen molar-refractivity contribution in [3.63, 3.8) is 0 Å². The number of amides is 1. The second-order valence-electron chi connectivity index (χ2n) is 4.98. The fraction of sp³-hybridized carbons (Fsp3) is 0.188. The van der Waals surface area contributed by atoms with Crippen LogP contribution in [0.4, 0.5) is 5.69 Å². The molecular formula is C16H13Cl2NO. The van der Waals surface area contributed by atoms with E-state index in [9.17, 15) is 4.79 Å². The van der Waals surface area contributed by atoms with Gasteiger partial charge in [-0.05, 0) is 43.2 Å². The van der Waals surface area contributed by atoms with Crippen LogP contribution in [0, 0.1) is 0 Å². The predicted molar refractivity (Wildman–Crippen MR) is 82.9 cm³/mol. The van der Waals surface area contributed by atoms with Gasteiger partial charge >= 0.3 is 0 Å². The van der Waals surface area contributed by atoms with E-state index in [1.807, 2.05) is 30.0 Å². The molecule has 1 atom stereocenters. The van der Waals surface area contributed by atoms with Crippen molar-refractivity contribution in [1.82, 2.24) is 0 Å². The zero-order chi connectivity index (χ0) is 14.3. The average Bonchev–Trinajstić information content (AvgIpc) is 2.73. The van der Waals surface area contributed by atoms with E-state index >= 15 is 0 Å². The molecule has 1 aliphatic rings. The average molecular weight is 306 g/mol. The number of hydrogen-bond donors (Lipinski definition) is 0. The number of fused-ring (bicyclic) bond motifs is 1. The van der Waals surface area contributed by atoms with E-state index in [-0.39, 0.29) is 11.9 Å². The minimum absolute atomic E-state index is 0.0795. The van der Waals surface area contributed by atoms with Crippen LogP contribution in [0.25, 0.3) is 0 Å². The maximum atomic E-state index is 12.8. The predicted octanol–water partition coefficient (Wildman–Crippen LogP) is 4.58. The molecule has 2 nitrogen and oxygen atoms in total. The lowest BCUT2D eigenvalue weighted by Crippen LogP contribution is -2.35. The highest BCUT2D eigenvalue weighted by atomic mass is 35.5. The fourth-order valence-corrected chi connectivity index (χ4v) is 3.16. The molecule has 1 heterocycles. The number of para-hydroxylation sites is 1. The monoisotopic (exact) mass is 305 g/mol. The highest BCUT2D eigenvalue weighted by Crippen LogP contribution is 2.34. The third-order valence-electron chi connectivity index (χ3n) is 3.59. The largest absolute Gasteiger partial charge is 0.305 e. The Bertz CT molecular complexity index is 684. The first kappa shape index (κ1) is 13.5. The van der Waals surface area contributed by atoms with Crippen LogP contribution in [0.5, 0.6) is 0 Å². The number of halogens is 2. The van der Waals surface area contributed by atoms with Gasteiger partial charge in [-0.25, -0.2) is 0 Å². The summed E-state index contributed by atoms with van der Waals surface area (Å²) in [5, 5.41) is 0.917. The Morgan fingerprint density at radius 2 is 1.95 bits per heavy atom. The molecule has 0 N–H and O–H groups in total. The summed E-state index contributed by atoms with van der Waals surface area (Å²) in [6, 6.07) is 13.1. The van der Waals surface area contributed by atoms with Gasteiger partial charge < -0.3 is 4.90 Å². The van der Waals surface area contributed by atoms with Crippen molar-refractivity contribution >= 4 is 34.8 Å². The number of carbonyl (C=O) groups is 1. The Labute approximate surface area is 127 Å². The number of benzene rings is 2. The standard InChI is InChI=1S/C16H13Cl2NO/c1-10-8-11-4-2-3-5-15(11)19(10)16(20)13-7-6-12(17)9-14(13)18/h2-7,9-10H,8H2,1H3. The van der Waals surface area contributed by atoms with Crippen LogP contribution in [0.15, 0.2) is 42.5 Å². The van der Waals surface area contributed by atoms with Crippen LogP contribution in [0.2, 0.25) is 10.0 Å². The second-order valence-corrected chi connectivity index (χ2v) is 5.82. The third-order valence-corrected chi connectivity index (χ3v) is 4.14. The van der Waals surface area contributed by atoms with Gasteiger partial charge in [0.2, 0.25) is 0 Å². The molecule has 0 aliphatic carbocycles. The normalized spacial score (nSPS) is 17.1.